The second-order valence-corrected chi connectivity index (χ2v) is 4.18. The molecule has 68 valence electrons. The molecule has 4 nitrogen and oxygen atoms in total. The van der Waals surface area contributed by atoms with Crippen LogP contribution in [0, 0.1) is 0 Å². The maximum Gasteiger partial charge on any atom is 0.343 e. The van der Waals surface area contributed by atoms with Gasteiger partial charge in [-0.05, 0) is 0 Å². The van der Waals surface area contributed by atoms with E-state index in [9.17, 15) is 9.59 Å². The third-order valence-electron chi connectivity index (χ3n) is 1.17. The van der Waals surface area contributed by atoms with Crippen molar-refractivity contribution in [2.45, 2.75) is 0 Å². The fourth-order valence-corrected chi connectivity index (χ4v) is 2.85. The summed E-state index contributed by atoms with van der Waals surface area (Å²) in [5, 5.41) is 17.2. The number of rotatable bonds is 2. The van der Waals surface area contributed by atoms with Gasteiger partial charge in [-0.25, -0.2) is 9.59 Å². The second-order valence-electron chi connectivity index (χ2n) is 1.97. The van der Waals surface area contributed by atoms with Gasteiger partial charge in [-0.2, -0.15) is 0 Å². The van der Waals surface area contributed by atoms with Crippen molar-refractivity contribution >= 4 is 94.6 Å². The largest absolute Gasteiger partial charge is 0.477 e. The molecule has 1 aliphatic heterocycles. The molecule has 0 aromatic heterocycles. The Balaban J connectivity index is 0. The summed E-state index contributed by atoms with van der Waals surface area (Å²) in [5.41, 5.74) is 0. The van der Waals surface area contributed by atoms with Crippen molar-refractivity contribution in [3.63, 3.8) is 0 Å². The fraction of sp³-hybridized carbons (Fsp3) is 0.333. The summed E-state index contributed by atoms with van der Waals surface area (Å²) >= 11 is 2.17. The molecule has 1 heterocycles. The Morgan fingerprint density at radius 2 is 1.21 bits per heavy atom. The van der Waals surface area contributed by atoms with Gasteiger partial charge in [0.05, 0.1) is 0 Å². The molecule has 0 amide bonds. The van der Waals surface area contributed by atoms with Crippen molar-refractivity contribution in [2.24, 2.45) is 0 Å². The van der Waals surface area contributed by atoms with Crippen LogP contribution < -0.4 is 0 Å². The van der Waals surface area contributed by atoms with Crippen LogP contribution in [-0.4, -0.2) is 92.8 Å². The van der Waals surface area contributed by atoms with E-state index >= 15 is 0 Å². The van der Waals surface area contributed by atoms with Crippen LogP contribution in [0.2, 0.25) is 0 Å². The Bertz CT molecular complexity index is 241. The number of aliphatic carboxylic acids is 2. The van der Waals surface area contributed by atoms with Crippen molar-refractivity contribution in [1.29, 1.82) is 0 Å². The Hall–Kier alpha value is 1.38. The summed E-state index contributed by atoms with van der Waals surface area (Å²) in [6, 6.07) is 0. The Labute approximate surface area is 134 Å². The average molecular weight is 252 g/mol. The van der Waals surface area contributed by atoms with Gasteiger partial charge in [0.15, 0.2) is 0 Å². The minimum atomic E-state index is -1.15. The third kappa shape index (κ3) is 4.94. The monoisotopic (exact) mass is 252 g/mol. The number of thioether (sulfide) groups is 2. The molecule has 1 aliphatic rings. The van der Waals surface area contributed by atoms with E-state index in [1.165, 1.54) is 0 Å². The number of carbonyl (C=O) groups is 2. The molecule has 0 aliphatic carbocycles. The van der Waals surface area contributed by atoms with Gasteiger partial charge in [-0.3, -0.25) is 0 Å². The van der Waals surface area contributed by atoms with Gasteiger partial charge < -0.3 is 10.2 Å². The van der Waals surface area contributed by atoms with Crippen molar-refractivity contribution in [3.8, 4) is 0 Å². The van der Waals surface area contributed by atoms with Crippen LogP contribution in [0.1, 0.15) is 0 Å². The minimum Gasteiger partial charge on any atom is -0.477 e. The SMILES string of the molecule is O=C(O)C1=C(C(=O)O)SCCS1.[Na].[Na]. The second kappa shape index (κ2) is 8.52. The van der Waals surface area contributed by atoms with E-state index in [0.717, 1.165) is 23.5 Å². The molecule has 0 fully saturated rings. The molecule has 8 heteroatoms. The van der Waals surface area contributed by atoms with Crippen LogP contribution in [-0.2, 0) is 9.59 Å². The number of hydrogen-bond donors (Lipinski definition) is 2. The molecule has 0 atom stereocenters. The number of carboxylic acid groups (broad SMARTS) is 2. The van der Waals surface area contributed by atoms with Crippen LogP contribution in [0.15, 0.2) is 9.81 Å². The predicted molar refractivity (Wildman–Crippen MR) is 58.7 cm³/mol. The van der Waals surface area contributed by atoms with Gasteiger partial charge in [0.2, 0.25) is 0 Å². The first-order chi connectivity index (χ1) is 5.63. The van der Waals surface area contributed by atoms with E-state index in [4.69, 9.17) is 10.2 Å². The quantitative estimate of drug-likeness (QED) is 0.678. The summed E-state index contributed by atoms with van der Waals surface area (Å²) in [6.07, 6.45) is 0. The van der Waals surface area contributed by atoms with Gasteiger partial charge in [-0.15, -0.1) is 23.5 Å². The zero-order chi connectivity index (χ0) is 9.14. The average Bonchev–Trinajstić information content (AvgIpc) is 2.04. The van der Waals surface area contributed by atoms with E-state index in [-0.39, 0.29) is 68.9 Å². The van der Waals surface area contributed by atoms with E-state index in [1.54, 1.807) is 0 Å². The third-order valence-corrected chi connectivity index (χ3v) is 3.71. The van der Waals surface area contributed by atoms with Crippen molar-refractivity contribution in [1.82, 2.24) is 0 Å². The molecule has 2 radical (unpaired) electrons. The smallest absolute Gasteiger partial charge is 0.343 e. The maximum absolute atomic E-state index is 10.5. The predicted octanol–water partition coefficient (Wildman–Crippen LogP) is 0.0856. The van der Waals surface area contributed by atoms with Gasteiger partial charge in [-0.1, -0.05) is 0 Å². The Morgan fingerprint density at radius 1 is 0.929 bits per heavy atom. The van der Waals surface area contributed by atoms with Crippen molar-refractivity contribution in [2.75, 3.05) is 11.5 Å². The van der Waals surface area contributed by atoms with E-state index in [0.29, 0.717) is 11.5 Å². The van der Waals surface area contributed by atoms with Crippen LogP contribution in [0.25, 0.3) is 0 Å². The number of carboxylic acids is 2. The van der Waals surface area contributed by atoms with Crippen LogP contribution in [0.5, 0.6) is 0 Å². The normalized spacial score (nSPS) is 15.1. The first kappa shape index (κ1) is 17.8. The summed E-state index contributed by atoms with van der Waals surface area (Å²) in [4.78, 5) is 20.9. The number of hydrogen-bond acceptors (Lipinski definition) is 4. The molecular formula is C6H6Na2O4S2. The van der Waals surface area contributed by atoms with Crippen LogP contribution >= 0.6 is 23.5 Å². The van der Waals surface area contributed by atoms with Crippen LogP contribution in [0.3, 0.4) is 0 Å². The van der Waals surface area contributed by atoms with Crippen molar-refractivity contribution < 1.29 is 19.8 Å². The molecular weight excluding hydrogens is 246 g/mol. The molecule has 2 N–H and O–H groups in total. The molecule has 14 heavy (non-hydrogen) atoms. The fourth-order valence-electron chi connectivity index (χ4n) is 0.736. The molecule has 0 bridgehead atoms. The first-order valence-electron chi connectivity index (χ1n) is 3.09. The van der Waals surface area contributed by atoms with E-state index in [1.807, 2.05) is 0 Å². The molecule has 0 saturated heterocycles. The molecule has 0 unspecified atom stereocenters. The summed E-state index contributed by atoms with van der Waals surface area (Å²) in [5.74, 6) is -0.985. The summed E-state index contributed by atoms with van der Waals surface area (Å²) < 4.78 is 0. The Morgan fingerprint density at radius 3 is 1.43 bits per heavy atom. The molecule has 0 spiro atoms. The minimum absolute atomic E-state index is 0. The van der Waals surface area contributed by atoms with Gasteiger partial charge in [0.25, 0.3) is 0 Å². The zero-order valence-corrected chi connectivity index (χ0v) is 13.6. The molecule has 0 aromatic rings. The first-order valence-corrected chi connectivity index (χ1v) is 5.06. The standard InChI is InChI=1S/C6H6O4S2.2Na/c7-5(8)3-4(6(9)10)12-2-1-11-3;;/h1-2H2,(H,7,8)(H,9,10);;. The zero-order valence-electron chi connectivity index (χ0n) is 7.94. The topological polar surface area (TPSA) is 74.6 Å². The van der Waals surface area contributed by atoms with Gasteiger partial charge >= 0.3 is 11.9 Å². The van der Waals surface area contributed by atoms with E-state index < -0.39 is 11.9 Å². The summed E-state index contributed by atoms with van der Waals surface area (Å²) in [6.45, 7) is 0. The van der Waals surface area contributed by atoms with Gasteiger partial charge in [0.1, 0.15) is 9.81 Å². The molecule has 0 aromatic carbocycles. The van der Waals surface area contributed by atoms with Crippen LogP contribution in [0.4, 0.5) is 0 Å². The van der Waals surface area contributed by atoms with E-state index in [2.05, 4.69) is 0 Å². The maximum atomic E-state index is 10.5. The van der Waals surface area contributed by atoms with Gasteiger partial charge in [0, 0.05) is 70.6 Å². The summed E-state index contributed by atoms with van der Waals surface area (Å²) in [7, 11) is 0. The van der Waals surface area contributed by atoms with Crippen molar-refractivity contribution in [3.05, 3.63) is 9.81 Å². The molecule has 1 rings (SSSR count). The molecule has 0 saturated carbocycles. The Kier molecular flexibility index (Phi) is 10.8.